The molecule has 0 aromatic rings. The minimum Gasteiger partial charge on any atom is -0.481 e. The average Bonchev–Trinajstić information content (AvgIpc) is 2.69. The van der Waals surface area contributed by atoms with E-state index in [0.29, 0.717) is 6.54 Å². The van der Waals surface area contributed by atoms with Crippen LogP contribution in [0.3, 0.4) is 0 Å². The van der Waals surface area contributed by atoms with Crippen LogP contribution in [-0.4, -0.2) is 73.3 Å². The van der Waals surface area contributed by atoms with E-state index >= 15 is 0 Å². The number of ether oxygens (including phenoxy) is 3. The van der Waals surface area contributed by atoms with Gasteiger partial charge in [0.2, 0.25) is 0 Å². The van der Waals surface area contributed by atoms with Gasteiger partial charge in [0.1, 0.15) is 12.0 Å². The van der Waals surface area contributed by atoms with Crippen molar-refractivity contribution in [2.24, 2.45) is 0 Å². The van der Waals surface area contributed by atoms with Crippen LogP contribution in [0.1, 0.15) is 53.4 Å². The number of carboxylic acids is 1. The standard InChI is InChI=1S/C19H41NO6Si2/c1-7-19(8-2,28(9-3)10-4)26-17(23)15(14-16(21)22)20-12-11-13-27-18(24-5)25-6/h15,18,20,28H,7-14,27H2,1-6H3,(H,21,22). The van der Waals surface area contributed by atoms with Crippen molar-refractivity contribution in [2.45, 2.75) is 88.7 Å². The summed E-state index contributed by atoms with van der Waals surface area (Å²) in [5.74, 6) is -1.52. The van der Waals surface area contributed by atoms with Crippen molar-refractivity contribution in [3.8, 4) is 0 Å². The lowest BCUT2D eigenvalue weighted by Gasteiger charge is -2.38. The maximum absolute atomic E-state index is 12.9. The Labute approximate surface area is 174 Å². The lowest BCUT2D eigenvalue weighted by atomic mass is 10.1. The topological polar surface area (TPSA) is 94.1 Å². The minimum absolute atomic E-state index is 0.0977. The highest BCUT2D eigenvalue weighted by molar-refractivity contribution is 6.62. The highest BCUT2D eigenvalue weighted by atomic mass is 28.3. The summed E-state index contributed by atoms with van der Waals surface area (Å²) in [6.07, 6.45) is 2.17. The van der Waals surface area contributed by atoms with Gasteiger partial charge in [-0.05, 0) is 25.8 Å². The van der Waals surface area contributed by atoms with E-state index in [9.17, 15) is 14.7 Å². The molecule has 166 valence electrons. The Bertz CT molecular complexity index is 440. The summed E-state index contributed by atoms with van der Waals surface area (Å²) in [4.78, 5) is 24.1. The molecule has 1 atom stereocenters. The van der Waals surface area contributed by atoms with Gasteiger partial charge in [0.05, 0.1) is 30.0 Å². The fraction of sp³-hybridized carbons (Fsp3) is 0.895. The Balaban J connectivity index is 4.89. The first kappa shape index (κ1) is 27.3. The van der Waals surface area contributed by atoms with Crippen molar-refractivity contribution in [2.75, 3.05) is 20.8 Å². The second-order valence-corrected chi connectivity index (χ2v) is 13.2. The molecule has 1 unspecified atom stereocenters. The molecule has 0 aliphatic rings. The third kappa shape index (κ3) is 9.17. The molecule has 0 radical (unpaired) electrons. The smallest absolute Gasteiger partial charge is 0.323 e. The Morgan fingerprint density at radius 2 is 1.68 bits per heavy atom. The van der Waals surface area contributed by atoms with Crippen LogP contribution in [0.25, 0.3) is 0 Å². The van der Waals surface area contributed by atoms with Crippen LogP contribution in [0.2, 0.25) is 18.1 Å². The Kier molecular flexibility index (Phi) is 14.7. The number of hydrogen-bond acceptors (Lipinski definition) is 6. The number of methoxy groups -OCH3 is 2. The molecule has 0 saturated heterocycles. The molecule has 7 nitrogen and oxygen atoms in total. The molecule has 28 heavy (non-hydrogen) atoms. The van der Waals surface area contributed by atoms with Gasteiger partial charge < -0.3 is 24.6 Å². The number of esters is 1. The van der Waals surface area contributed by atoms with Gasteiger partial charge >= 0.3 is 11.9 Å². The largest absolute Gasteiger partial charge is 0.481 e. The molecule has 0 fully saturated rings. The van der Waals surface area contributed by atoms with Gasteiger partial charge in [0.25, 0.3) is 0 Å². The highest BCUT2D eigenvalue weighted by Gasteiger charge is 2.40. The lowest BCUT2D eigenvalue weighted by molar-refractivity contribution is -0.158. The number of aliphatic carboxylic acids is 1. The van der Waals surface area contributed by atoms with Gasteiger partial charge in [-0.3, -0.25) is 9.59 Å². The summed E-state index contributed by atoms with van der Waals surface area (Å²) in [5, 5.41) is 11.9. The number of nitrogens with one attached hydrogen (secondary N) is 1. The zero-order chi connectivity index (χ0) is 21.6. The van der Waals surface area contributed by atoms with E-state index in [4.69, 9.17) is 14.2 Å². The van der Waals surface area contributed by atoms with Gasteiger partial charge in [-0.2, -0.15) is 0 Å². The van der Waals surface area contributed by atoms with E-state index in [2.05, 4.69) is 33.0 Å². The molecule has 0 aliphatic heterocycles. The highest BCUT2D eigenvalue weighted by Crippen LogP contribution is 2.29. The normalized spacial score (nSPS) is 13.6. The molecule has 0 heterocycles. The fourth-order valence-electron chi connectivity index (χ4n) is 3.82. The Morgan fingerprint density at radius 1 is 1.11 bits per heavy atom. The lowest BCUT2D eigenvalue weighted by Crippen LogP contribution is -2.52. The first-order valence-corrected chi connectivity index (χ1v) is 14.6. The third-order valence-corrected chi connectivity index (χ3v) is 12.1. The summed E-state index contributed by atoms with van der Waals surface area (Å²) in [6, 6.07) is 2.31. The Morgan fingerprint density at radius 3 is 2.11 bits per heavy atom. The molecule has 0 rings (SSSR count). The van der Waals surface area contributed by atoms with E-state index in [1.165, 1.54) is 0 Å². The van der Waals surface area contributed by atoms with Crippen molar-refractivity contribution >= 4 is 30.3 Å². The zero-order valence-electron chi connectivity index (χ0n) is 18.6. The predicted octanol–water partition coefficient (Wildman–Crippen LogP) is 1.88. The van der Waals surface area contributed by atoms with Crippen molar-refractivity contribution < 1.29 is 28.9 Å². The molecule has 0 bridgehead atoms. The summed E-state index contributed by atoms with van der Waals surface area (Å²) in [7, 11) is 1.47. The maximum Gasteiger partial charge on any atom is 0.323 e. The van der Waals surface area contributed by atoms with E-state index in [-0.39, 0.29) is 12.3 Å². The predicted molar refractivity (Wildman–Crippen MR) is 117 cm³/mol. The first-order valence-electron chi connectivity index (χ1n) is 10.6. The van der Waals surface area contributed by atoms with Crippen molar-refractivity contribution in [3.05, 3.63) is 0 Å². The van der Waals surface area contributed by atoms with E-state index < -0.39 is 41.5 Å². The molecular formula is C19H41NO6Si2. The van der Waals surface area contributed by atoms with Crippen LogP contribution < -0.4 is 5.32 Å². The van der Waals surface area contributed by atoms with Gasteiger partial charge in [0, 0.05) is 14.2 Å². The number of hydrogen-bond donors (Lipinski definition) is 2. The molecule has 0 saturated carbocycles. The Hall–Kier alpha value is -0.746. The zero-order valence-corrected chi connectivity index (χ0v) is 21.2. The number of carboxylic acid groups (broad SMARTS) is 1. The van der Waals surface area contributed by atoms with Crippen LogP contribution in [0.5, 0.6) is 0 Å². The molecule has 0 aromatic heterocycles. The molecule has 9 heteroatoms. The second kappa shape index (κ2) is 15.1. The molecule has 0 aliphatic carbocycles. The second-order valence-electron chi connectivity index (χ2n) is 7.21. The summed E-state index contributed by atoms with van der Waals surface area (Å²) >= 11 is 0. The average molecular weight is 436 g/mol. The van der Waals surface area contributed by atoms with E-state index in [1.54, 1.807) is 14.2 Å². The van der Waals surface area contributed by atoms with Crippen molar-refractivity contribution in [3.63, 3.8) is 0 Å². The molecule has 0 spiro atoms. The summed E-state index contributed by atoms with van der Waals surface area (Å²) < 4.78 is 16.5. The van der Waals surface area contributed by atoms with E-state index in [1.807, 2.05) is 0 Å². The van der Waals surface area contributed by atoms with Crippen LogP contribution in [0.4, 0.5) is 0 Å². The monoisotopic (exact) mass is 435 g/mol. The number of carbonyl (C=O) groups is 2. The van der Waals surface area contributed by atoms with Crippen molar-refractivity contribution in [1.82, 2.24) is 5.32 Å². The van der Waals surface area contributed by atoms with E-state index in [0.717, 1.165) is 37.4 Å². The first-order chi connectivity index (χ1) is 13.3. The molecule has 2 N–H and O–H groups in total. The van der Waals surface area contributed by atoms with Crippen LogP contribution >= 0.6 is 0 Å². The fourth-order valence-corrected chi connectivity index (χ4v) is 8.66. The third-order valence-electron chi connectivity index (χ3n) is 5.68. The minimum atomic E-state index is -1.27. The SMILES string of the molecule is CC[SiH](CC)C(CC)(CC)OC(=O)C(CC(=O)O)NCCC[SiH2]C(OC)OC. The van der Waals surface area contributed by atoms with Crippen LogP contribution in [0.15, 0.2) is 0 Å². The van der Waals surface area contributed by atoms with Crippen LogP contribution in [0, 0.1) is 0 Å². The van der Waals surface area contributed by atoms with Crippen molar-refractivity contribution in [1.29, 1.82) is 0 Å². The molecule has 0 aromatic carbocycles. The van der Waals surface area contributed by atoms with Gasteiger partial charge in [-0.1, -0.05) is 45.8 Å². The summed E-state index contributed by atoms with van der Waals surface area (Å²) in [6.45, 7) is 9.04. The quantitative estimate of drug-likeness (QED) is 0.156. The van der Waals surface area contributed by atoms with Gasteiger partial charge in [-0.15, -0.1) is 0 Å². The van der Waals surface area contributed by atoms with Gasteiger partial charge in [0.15, 0.2) is 0 Å². The molecular weight excluding hydrogens is 394 g/mol. The van der Waals surface area contributed by atoms with Gasteiger partial charge in [-0.25, -0.2) is 0 Å². The molecule has 0 amide bonds. The number of carbonyl (C=O) groups excluding carboxylic acids is 1. The summed E-state index contributed by atoms with van der Waals surface area (Å²) in [5.41, 5.74) is 0. The number of rotatable bonds is 17. The maximum atomic E-state index is 12.9. The van der Waals surface area contributed by atoms with Crippen LogP contribution in [-0.2, 0) is 23.8 Å².